The largest absolute Gasteiger partial charge is 0.391 e. The van der Waals surface area contributed by atoms with Crippen molar-refractivity contribution in [2.45, 2.75) is 6.23 Å². The van der Waals surface area contributed by atoms with Gasteiger partial charge in [-0.05, 0) is 0 Å². The lowest BCUT2D eigenvalue weighted by Gasteiger charge is -2.34. The molecule has 0 aliphatic rings. The number of aliphatic hydroxyl groups is 3. The third-order valence-electron chi connectivity index (χ3n) is 1.91. The van der Waals surface area contributed by atoms with Gasteiger partial charge in [-0.25, -0.2) is 0 Å². The Morgan fingerprint density at radius 1 is 1.25 bits per heavy atom. The Labute approximate surface area is 72.6 Å². The maximum atomic E-state index is 8.94. The van der Waals surface area contributed by atoms with E-state index in [4.69, 9.17) is 21.1 Å². The Bertz CT molecular complexity index is 113. The summed E-state index contributed by atoms with van der Waals surface area (Å²) in [6, 6.07) is 0. The van der Waals surface area contributed by atoms with Crippen LogP contribution in [0, 0.1) is 0 Å². The van der Waals surface area contributed by atoms with Gasteiger partial charge >= 0.3 is 0 Å². The van der Waals surface area contributed by atoms with Gasteiger partial charge < -0.3 is 25.5 Å². The highest BCUT2D eigenvalue weighted by molar-refractivity contribution is 4.44. The van der Waals surface area contributed by atoms with Crippen molar-refractivity contribution in [1.29, 1.82) is 0 Å². The molecule has 0 fully saturated rings. The lowest BCUT2D eigenvalue weighted by Crippen LogP contribution is -2.53. The zero-order valence-electron chi connectivity index (χ0n) is 7.48. The van der Waals surface area contributed by atoms with Crippen LogP contribution in [0.5, 0.6) is 0 Å². The highest BCUT2D eigenvalue weighted by Crippen LogP contribution is 2.01. The fourth-order valence-corrected chi connectivity index (χ4v) is 1.23. The first-order valence-corrected chi connectivity index (χ1v) is 4.03. The zero-order chi connectivity index (χ0) is 9.61. The molecule has 0 aromatic rings. The molecule has 1 atom stereocenters. The van der Waals surface area contributed by atoms with Crippen molar-refractivity contribution in [3.05, 3.63) is 0 Å². The Morgan fingerprint density at radius 3 is 1.92 bits per heavy atom. The zero-order valence-corrected chi connectivity index (χ0v) is 7.48. The molecule has 5 N–H and O–H groups in total. The highest BCUT2D eigenvalue weighted by Gasteiger charge is 2.22. The van der Waals surface area contributed by atoms with Gasteiger partial charge in [-0.3, -0.25) is 0 Å². The highest BCUT2D eigenvalue weighted by atomic mass is 16.3. The molecule has 0 heterocycles. The van der Waals surface area contributed by atoms with Gasteiger partial charge in [0.15, 0.2) is 6.23 Å². The number of nitrogens with two attached hydrogens (primary N) is 1. The summed E-state index contributed by atoms with van der Waals surface area (Å²) in [6.45, 7) is 1.40. The van der Waals surface area contributed by atoms with E-state index in [1.165, 1.54) is 0 Å². The van der Waals surface area contributed by atoms with Crippen molar-refractivity contribution in [3.63, 3.8) is 0 Å². The maximum absolute atomic E-state index is 8.94. The van der Waals surface area contributed by atoms with Gasteiger partial charge in [0.25, 0.3) is 0 Å². The molecule has 0 saturated carbocycles. The van der Waals surface area contributed by atoms with Crippen molar-refractivity contribution >= 4 is 0 Å². The molecule has 0 saturated heterocycles. The molecule has 12 heavy (non-hydrogen) atoms. The molecule has 0 aliphatic heterocycles. The first kappa shape index (κ1) is 11.8. The third kappa shape index (κ3) is 4.63. The van der Waals surface area contributed by atoms with E-state index in [9.17, 15) is 0 Å². The molecular weight excluding hydrogens is 160 g/mol. The molecule has 74 valence electrons. The predicted molar refractivity (Wildman–Crippen MR) is 45.2 cm³/mol. The number of quaternary nitrogens is 1. The lowest BCUT2D eigenvalue weighted by atomic mass is 10.3. The third-order valence-corrected chi connectivity index (χ3v) is 1.91. The minimum atomic E-state index is -0.895. The number of likely N-dealkylation sites (N-methyl/N-ethyl adjacent to an activating group) is 1. The van der Waals surface area contributed by atoms with Crippen LogP contribution in [-0.4, -0.2) is 65.9 Å². The Morgan fingerprint density at radius 2 is 1.67 bits per heavy atom. The summed E-state index contributed by atoms with van der Waals surface area (Å²) < 4.78 is 0.394. The fourth-order valence-electron chi connectivity index (χ4n) is 1.23. The summed E-state index contributed by atoms with van der Waals surface area (Å²) in [6.07, 6.45) is -0.895. The molecule has 0 aromatic carbocycles. The van der Waals surface area contributed by atoms with E-state index in [0.29, 0.717) is 24.1 Å². The monoisotopic (exact) mass is 179 g/mol. The Kier molecular flexibility index (Phi) is 5.36. The van der Waals surface area contributed by atoms with Crippen LogP contribution in [-0.2, 0) is 0 Å². The van der Waals surface area contributed by atoms with E-state index < -0.39 is 6.23 Å². The summed E-state index contributed by atoms with van der Waals surface area (Å²) in [7, 11) is 1.84. The van der Waals surface area contributed by atoms with Crippen LogP contribution < -0.4 is 5.73 Å². The van der Waals surface area contributed by atoms with E-state index in [1.807, 2.05) is 7.05 Å². The molecule has 0 bridgehead atoms. The van der Waals surface area contributed by atoms with E-state index >= 15 is 0 Å². The van der Waals surface area contributed by atoms with Gasteiger partial charge in [0.1, 0.15) is 19.6 Å². The summed E-state index contributed by atoms with van der Waals surface area (Å²) >= 11 is 0. The van der Waals surface area contributed by atoms with Gasteiger partial charge in [0.05, 0.1) is 20.3 Å². The SMILES string of the molecule is C[N+](CCO)(CCO)CC(N)O. The van der Waals surface area contributed by atoms with Crippen LogP contribution in [0.2, 0.25) is 0 Å². The molecule has 0 aromatic heterocycles. The minimum absolute atomic E-state index is 0.0310. The fraction of sp³-hybridized carbons (Fsp3) is 1.00. The summed E-state index contributed by atoms with van der Waals surface area (Å²) in [5.74, 6) is 0. The molecule has 1 unspecified atom stereocenters. The Hall–Kier alpha value is -0.200. The van der Waals surface area contributed by atoms with Crippen molar-refractivity contribution in [2.75, 3.05) is 39.9 Å². The van der Waals surface area contributed by atoms with E-state index in [1.54, 1.807) is 0 Å². The number of hydrogen-bond donors (Lipinski definition) is 4. The molecule has 0 spiro atoms. The molecule has 0 amide bonds. The van der Waals surface area contributed by atoms with Crippen LogP contribution >= 0.6 is 0 Å². The second-order valence-corrected chi connectivity index (χ2v) is 3.26. The predicted octanol–water partition coefficient (Wildman–Crippen LogP) is -2.31. The smallest absolute Gasteiger partial charge is 0.152 e. The lowest BCUT2D eigenvalue weighted by molar-refractivity contribution is -0.913. The van der Waals surface area contributed by atoms with Crippen LogP contribution in [0.3, 0.4) is 0 Å². The molecule has 0 rings (SSSR count). The normalized spacial score (nSPS) is 14.8. The van der Waals surface area contributed by atoms with Crippen LogP contribution in [0.1, 0.15) is 0 Å². The molecular formula is C7H19N2O3+. The molecule has 5 nitrogen and oxygen atoms in total. The van der Waals surface area contributed by atoms with Crippen molar-refractivity contribution in [2.24, 2.45) is 5.73 Å². The number of aliphatic hydroxyl groups excluding tert-OH is 3. The standard InChI is InChI=1S/C7H19N2O3/c1-9(2-4-10,3-5-11)6-7(8)12/h7,10-12H,2-6,8H2,1H3/q+1. The number of rotatable bonds is 6. The molecule has 5 heteroatoms. The topological polar surface area (TPSA) is 86.7 Å². The van der Waals surface area contributed by atoms with Crippen molar-refractivity contribution in [1.82, 2.24) is 0 Å². The Balaban J connectivity index is 3.98. The summed E-state index contributed by atoms with van der Waals surface area (Å²) in [5.41, 5.74) is 5.22. The van der Waals surface area contributed by atoms with E-state index in [2.05, 4.69) is 0 Å². The first-order valence-electron chi connectivity index (χ1n) is 4.03. The van der Waals surface area contributed by atoms with Crippen molar-refractivity contribution in [3.8, 4) is 0 Å². The second kappa shape index (κ2) is 5.45. The van der Waals surface area contributed by atoms with Crippen LogP contribution in [0.4, 0.5) is 0 Å². The number of nitrogens with zero attached hydrogens (tertiary/aromatic N) is 1. The van der Waals surface area contributed by atoms with Gasteiger partial charge in [-0.15, -0.1) is 0 Å². The minimum Gasteiger partial charge on any atom is -0.391 e. The first-order chi connectivity index (χ1) is 5.54. The maximum Gasteiger partial charge on any atom is 0.152 e. The van der Waals surface area contributed by atoms with Gasteiger partial charge in [0.2, 0.25) is 0 Å². The number of hydrogen-bond acceptors (Lipinski definition) is 4. The van der Waals surface area contributed by atoms with E-state index in [-0.39, 0.29) is 13.2 Å². The summed E-state index contributed by atoms with van der Waals surface area (Å²) in [4.78, 5) is 0. The van der Waals surface area contributed by atoms with Crippen LogP contribution in [0.25, 0.3) is 0 Å². The van der Waals surface area contributed by atoms with Gasteiger partial charge in [-0.1, -0.05) is 0 Å². The molecule has 0 aliphatic carbocycles. The quantitative estimate of drug-likeness (QED) is 0.273. The average Bonchev–Trinajstić information content (AvgIpc) is 1.85. The average molecular weight is 179 g/mol. The van der Waals surface area contributed by atoms with Gasteiger partial charge in [-0.2, -0.15) is 0 Å². The van der Waals surface area contributed by atoms with E-state index in [0.717, 1.165) is 0 Å². The summed E-state index contributed by atoms with van der Waals surface area (Å²) in [5, 5.41) is 26.4. The van der Waals surface area contributed by atoms with Gasteiger partial charge in [0, 0.05) is 0 Å². The van der Waals surface area contributed by atoms with Crippen molar-refractivity contribution < 1.29 is 19.8 Å². The second-order valence-electron chi connectivity index (χ2n) is 3.26. The van der Waals surface area contributed by atoms with Crippen LogP contribution in [0.15, 0.2) is 0 Å². The molecule has 0 radical (unpaired) electrons.